The maximum atomic E-state index is 12.9. The number of halogens is 3. The Morgan fingerprint density at radius 2 is 1.64 bits per heavy atom. The number of nitrogens with one attached hydrogen (secondary N) is 1. The Balaban J connectivity index is 1.81. The van der Waals surface area contributed by atoms with E-state index in [-0.39, 0.29) is 17.5 Å². The molecule has 1 aromatic heterocycles. The summed E-state index contributed by atoms with van der Waals surface area (Å²) in [4.78, 5) is 28.8. The van der Waals surface area contributed by atoms with Gasteiger partial charge in [0.15, 0.2) is 5.78 Å². The zero-order chi connectivity index (χ0) is 20.1. The molecule has 1 N–H and O–H groups in total. The SMILES string of the molecule is O=C(Nc1ccccc1C(=O)Cc1cccc(C(F)(F)F)c1)c1ccncc1. The van der Waals surface area contributed by atoms with Crippen molar-refractivity contribution in [3.05, 3.63) is 95.3 Å². The maximum absolute atomic E-state index is 12.9. The average molecular weight is 384 g/mol. The molecule has 1 amide bonds. The van der Waals surface area contributed by atoms with Crippen molar-refractivity contribution >= 4 is 17.4 Å². The van der Waals surface area contributed by atoms with Gasteiger partial charge in [-0.25, -0.2) is 0 Å². The lowest BCUT2D eigenvalue weighted by Crippen LogP contribution is -2.15. The van der Waals surface area contributed by atoms with Gasteiger partial charge in [0, 0.05) is 29.9 Å². The van der Waals surface area contributed by atoms with E-state index in [2.05, 4.69) is 10.3 Å². The summed E-state index contributed by atoms with van der Waals surface area (Å²) in [6.45, 7) is 0. The Morgan fingerprint density at radius 1 is 0.929 bits per heavy atom. The Kier molecular flexibility index (Phi) is 5.54. The van der Waals surface area contributed by atoms with Crippen LogP contribution in [0.3, 0.4) is 0 Å². The molecule has 0 aliphatic rings. The zero-order valence-corrected chi connectivity index (χ0v) is 14.5. The standard InChI is InChI=1S/C21H15F3N2O2/c22-21(23,24)16-5-3-4-14(12-16)13-19(27)17-6-1-2-7-18(17)26-20(28)15-8-10-25-11-9-15/h1-12H,13H2,(H,26,28). The number of hydrogen-bond acceptors (Lipinski definition) is 3. The number of ketones is 1. The van der Waals surface area contributed by atoms with Crippen LogP contribution in [0.15, 0.2) is 73.1 Å². The second-order valence-corrected chi connectivity index (χ2v) is 6.03. The van der Waals surface area contributed by atoms with Gasteiger partial charge in [-0.1, -0.05) is 30.3 Å². The van der Waals surface area contributed by atoms with E-state index >= 15 is 0 Å². The van der Waals surface area contributed by atoms with Crippen LogP contribution in [0, 0.1) is 0 Å². The summed E-state index contributed by atoms with van der Waals surface area (Å²) >= 11 is 0. The number of hydrogen-bond donors (Lipinski definition) is 1. The number of para-hydroxylation sites is 1. The van der Waals surface area contributed by atoms with Crippen molar-refractivity contribution in [1.82, 2.24) is 4.98 Å². The van der Waals surface area contributed by atoms with Crippen molar-refractivity contribution in [3.63, 3.8) is 0 Å². The van der Waals surface area contributed by atoms with Gasteiger partial charge in [0.1, 0.15) is 0 Å². The summed E-state index contributed by atoms with van der Waals surface area (Å²) in [6, 6.07) is 14.1. The van der Waals surface area contributed by atoms with Gasteiger partial charge in [-0.3, -0.25) is 14.6 Å². The van der Waals surface area contributed by atoms with E-state index in [1.54, 1.807) is 18.2 Å². The van der Waals surface area contributed by atoms with Crippen molar-refractivity contribution in [2.75, 3.05) is 5.32 Å². The molecule has 0 saturated heterocycles. The molecule has 0 unspecified atom stereocenters. The molecular formula is C21H15F3N2O2. The summed E-state index contributed by atoms with van der Waals surface area (Å²) in [5.74, 6) is -0.813. The fraction of sp³-hybridized carbons (Fsp3) is 0.0952. The molecule has 0 saturated carbocycles. The maximum Gasteiger partial charge on any atom is 0.416 e. The van der Waals surface area contributed by atoms with Crippen LogP contribution >= 0.6 is 0 Å². The second kappa shape index (κ2) is 8.04. The van der Waals surface area contributed by atoms with Crippen LogP contribution in [0.4, 0.5) is 18.9 Å². The third kappa shape index (κ3) is 4.62. The molecular weight excluding hydrogens is 369 g/mol. The van der Waals surface area contributed by atoms with Gasteiger partial charge in [0.05, 0.1) is 11.3 Å². The van der Waals surface area contributed by atoms with Crippen LogP contribution in [0.1, 0.15) is 31.8 Å². The van der Waals surface area contributed by atoms with E-state index in [0.717, 1.165) is 12.1 Å². The largest absolute Gasteiger partial charge is 0.416 e. The predicted molar refractivity (Wildman–Crippen MR) is 98.1 cm³/mol. The lowest BCUT2D eigenvalue weighted by atomic mass is 10.00. The molecule has 0 aliphatic heterocycles. The Morgan fingerprint density at radius 3 is 2.36 bits per heavy atom. The molecule has 0 aliphatic carbocycles. The van der Waals surface area contributed by atoms with E-state index in [9.17, 15) is 22.8 Å². The predicted octanol–water partition coefficient (Wildman–Crippen LogP) is 4.78. The van der Waals surface area contributed by atoms with E-state index in [1.165, 1.54) is 42.7 Å². The van der Waals surface area contributed by atoms with E-state index in [0.29, 0.717) is 11.3 Å². The molecule has 1 heterocycles. The quantitative estimate of drug-likeness (QED) is 0.644. The molecule has 3 aromatic rings. The van der Waals surface area contributed by atoms with Gasteiger partial charge < -0.3 is 5.32 Å². The van der Waals surface area contributed by atoms with Gasteiger partial charge in [0.2, 0.25) is 0 Å². The minimum Gasteiger partial charge on any atom is -0.321 e. The second-order valence-electron chi connectivity index (χ2n) is 6.03. The summed E-state index contributed by atoms with van der Waals surface area (Å²) in [6.07, 6.45) is -1.75. The lowest BCUT2D eigenvalue weighted by Gasteiger charge is -2.11. The van der Waals surface area contributed by atoms with Gasteiger partial charge in [-0.2, -0.15) is 13.2 Å². The number of carbonyl (C=O) groups excluding carboxylic acids is 2. The van der Waals surface area contributed by atoms with E-state index in [4.69, 9.17) is 0 Å². The molecule has 2 aromatic carbocycles. The number of pyridine rings is 1. The smallest absolute Gasteiger partial charge is 0.321 e. The molecule has 28 heavy (non-hydrogen) atoms. The highest BCUT2D eigenvalue weighted by molar-refractivity contribution is 6.09. The highest BCUT2D eigenvalue weighted by Crippen LogP contribution is 2.30. The van der Waals surface area contributed by atoms with Crippen LogP contribution in [-0.4, -0.2) is 16.7 Å². The number of nitrogens with zero attached hydrogens (tertiary/aromatic N) is 1. The molecule has 0 radical (unpaired) electrons. The third-order valence-electron chi connectivity index (χ3n) is 4.04. The van der Waals surface area contributed by atoms with Gasteiger partial charge in [-0.15, -0.1) is 0 Å². The van der Waals surface area contributed by atoms with Crippen LogP contribution in [0.25, 0.3) is 0 Å². The number of rotatable bonds is 5. The number of amides is 1. The van der Waals surface area contributed by atoms with Gasteiger partial charge in [0.25, 0.3) is 5.91 Å². The lowest BCUT2D eigenvalue weighted by molar-refractivity contribution is -0.137. The summed E-state index contributed by atoms with van der Waals surface area (Å²) in [5, 5.41) is 2.66. The first kappa shape index (κ1) is 19.3. The monoisotopic (exact) mass is 384 g/mol. The van der Waals surface area contributed by atoms with Crippen LogP contribution in [0.5, 0.6) is 0 Å². The fourth-order valence-electron chi connectivity index (χ4n) is 2.67. The summed E-state index contributed by atoms with van der Waals surface area (Å²) in [5.41, 5.74) is 0.325. The van der Waals surface area contributed by atoms with Crippen LogP contribution < -0.4 is 5.32 Å². The fourth-order valence-corrected chi connectivity index (χ4v) is 2.67. The van der Waals surface area contributed by atoms with Gasteiger partial charge in [-0.05, 0) is 35.9 Å². The molecule has 0 spiro atoms. The molecule has 0 bridgehead atoms. The van der Waals surface area contributed by atoms with Gasteiger partial charge >= 0.3 is 6.18 Å². The number of Topliss-reactive ketones (excluding diaryl/α,β-unsaturated/α-hetero) is 1. The molecule has 142 valence electrons. The third-order valence-corrected chi connectivity index (χ3v) is 4.04. The zero-order valence-electron chi connectivity index (χ0n) is 14.5. The van der Waals surface area contributed by atoms with Crippen molar-refractivity contribution in [3.8, 4) is 0 Å². The molecule has 0 atom stereocenters. The first-order valence-corrected chi connectivity index (χ1v) is 8.34. The van der Waals surface area contributed by atoms with Crippen molar-refractivity contribution < 1.29 is 22.8 Å². The highest BCUT2D eigenvalue weighted by atomic mass is 19.4. The first-order chi connectivity index (χ1) is 13.3. The van der Waals surface area contributed by atoms with Crippen molar-refractivity contribution in [2.24, 2.45) is 0 Å². The highest BCUT2D eigenvalue weighted by Gasteiger charge is 2.30. The first-order valence-electron chi connectivity index (χ1n) is 8.34. The van der Waals surface area contributed by atoms with E-state index < -0.39 is 23.4 Å². The Labute approximate surface area is 159 Å². The van der Waals surface area contributed by atoms with Crippen LogP contribution in [0.2, 0.25) is 0 Å². The number of benzene rings is 2. The summed E-state index contributed by atoms with van der Waals surface area (Å²) < 4.78 is 38.6. The number of aromatic nitrogens is 1. The van der Waals surface area contributed by atoms with E-state index in [1.807, 2.05) is 0 Å². The average Bonchev–Trinajstić information content (AvgIpc) is 2.68. The number of carbonyl (C=O) groups is 2. The van der Waals surface area contributed by atoms with Crippen molar-refractivity contribution in [1.29, 1.82) is 0 Å². The Bertz CT molecular complexity index is 1000. The minimum absolute atomic E-state index is 0.216. The van der Waals surface area contributed by atoms with Crippen molar-refractivity contribution in [2.45, 2.75) is 12.6 Å². The van der Waals surface area contributed by atoms with Crippen LogP contribution in [-0.2, 0) is 12.6 Å². The topological polar surface area (TPSA) is 59.1 Å². The Hall–Kier alpha value is -3.48. The number of anilines is 1. The molecule has 3 rings (SSSR count). The normalized spacial score (nSPS) is 11.1. The molecule has 7 heteroatoms. The summed E-state index contributed by atoms with van der Waals surface area (Å²) in [7, 11) is 0. The molecule has 0 fully saturated rings. The molecule has 4 nitrogen and oxygen atoms in total. The number of alkyl halides is 3. The minimum atomic E-state index is -4.48.